The summed E-state index contributed by atoms with van der Waals surface area (Å²) in [6.45, 7) is 6.63. The first-order valence-electron chi connectivity index (χ1n) is 7.85. The van der Waals surface area contributed by atoms with E-state index >= 15 is 0 Å². The van der Waals surface area contributed by atoms with E-state index < -0.39 is 0 Å². The lowest BCUT2D eigenvalue weighted by Crippen LogP contribution is -2.16. The van der Waals surface area contributed by atoms with Gasteiger partial charge in [0.05, 0.1) is 51.8 Å². The second-order valence-corrected chi connectivity index (χ2v) is 5.15. The molecule has 1 aliphatic rings. The molecule has 1 saturated carbocycles. The number of unbranched alkanes of at least 4 members (excludes halogenated alkanes) is 1. The first kappa shape index (κ1) is 17.9. The van der Waals surface area contributed by atoms with Gasteiger partial charge in [-0.1, -0.05) is 13.3 Å². The van der Waals surface area contributed by atoms with Crippen LogP contribution < -0.4 is 0 Å². The molecule has 1 rings (SSSR count). The first-order chi connectivity index (χ1) is 9.83. The highest BCUT2D eigenvalue weighted by Gasteiger charge is 2.22. The fourth-order valence-electron chi connectivity index (χ4n) is 2.13. The van der Waals surface area contributed by atoms with Gasteiger partial charge in [-0.25, -0.2) is 0 Å². The van der Waals surface area contributed by atoms with Crippen molar-refractivity contribution in [3.63, 3.8) is 0 Å². The van der Waals surface area contributed by atoms with E-state index in [1.165, 1.54) is 0 Å². The van der Waals surface area contributed by atoms with Crippen molar-refractivity contribution in [2.24, 2.45) is 0 Å². The van der Waals surface area contributed by atoms with Crippen LogP contribution in [0, 0.1) is 0 Å². The van der Waals surface area contributed by atoms with E-state index in [9.17, 15) is 5.11 Å². The van der Waals surface area contributed by atoms with Gasteiger partial charge in [-0.15, -0.1) is 0 Å². The molecule has 2 atom stereocenters. The van der Waals surface area contributed by atoms with Crippen LogP contribution in [-0.2, 0) is 18.9 Å². The highest BCUT2D eigenvalue weighted by Crippen LogP contribution is 2.21. The molecule has 0 aromatic rings. The largest absolute Gasteiger partial charge is 0.393 e. The molecule has 5 nitrogen and oxygen atoms in total. The molecular formula is C15H30O5. The molecule has 1 aliphatic carbocycles. The summed E-state index contributed by atoms with van der Waals surface area (Å²) >= 11 is 0. The minimum Gasteiger partial charge on any atom is -0.393 e. The van der Waals surface area contributed by atoms with Gasteiger partial charge >= 0.3 is 0 Å². The van der Waals surface area contributed by atoms with Gasteiger partial charge in [-0.2, -0.15) is 0 Å². The van der Waals surface area contributed by atoms with Crippen molar-refractivity contribution in [2.75, 3.05) is 46.2 Å². The number of hydrogen-bond donors (Lipinski definition) is 1. The van der Waals surface area contributed by atoms with Crippen molar-refractivity contribution in [3.8, 4) is 0 Å². The topological polar surface area (TPSA) is 57.2 Å². The first-order valence-corrected chi connectivity index (χ1v) is 7.85. The van der Waals surface area contributed by atoms with Crippen LogP contribution >= 0.6 is 0 Å². The Morgan fingerprint density at radius 3 is 2.00 bits per heavy atom. The Balaban J connectivity index is 1.70. The number of aliphatic hydroxyl groups is 1. The van der Waals surface area contributed by atoms with Gasteiger partial charge in [0.25, 0.3) is 0 Å². The van der Waals surface area contributed by atoms with Gasteiger partial charge in [0.2, 0.25) is 0 Å². The van der Waals surface area contributed by atoms with Crippen LogP contribution in [0.3, 0.4) is 0 Å². The monoisotopic (exact) mass is 290 g/mol. The fraction of sp³-hybridized carbons (Fsp3) is 1.00. The molecule has 5 heteroatoms. The van der Waals surface area contributed by atoms with Gasteiger partial charge in [-0.3, -0.25) is 0 Å². The molecule has 0 radical (unpaired) electrons. The van der Waals surface area contributed by atoms with Crippen LogP contribution in [-0.4, -0.2) is 63.6 Å². The van der Waals surface area contributed by atoms with Crippen molar-refractivity contribution in [3.05, 3.63) is 0 Å². The summed E-state index contributed by atoms with van der Waals surface area (Å²) in [5, 5.41) is 9.35. The molecule has 120 valence electrons. The number of ether oxygens (including phenoxy) is 4. The van der Waals surface area contributed by atoms with Crippen LogP contribution in [0.15, 0.2) is 0 Å². The molecule has 0 aromatic carbocycles. The molecule has 0 aliphatic heterocycles. The molecule has 2 unspecified atom stereocenters. The second kappa shape index (κ2) is 12.5. The lowest BCUT2D eigenvalue weighted by molar-refractivity contribution is -0.0194. The Labute approximate surface area is 122 Å². The normalized spacial score (nSPS) is 22.5. The van der Waals surface area contributed by atoms with E-state index in [-0.39, 0.29) is 12.2 Å². The smallest absolute Gasteiger partial charge is 0.0704 e. The number of aliphatic hydroxyl groups excluding tert-OH is 1. The van der Waals surface area contributed by atoms with Crippen LogP contribution in [0.1, 0.15) is 39.0 Å². The maximum Gasteiger partial charge on any atom is 0.0704 e. The molecule has 0 heterocycles. The van der Waals surface area contributed by atoms with Gasteiger partial charge in [0.1, 0.15) is 0 Å². The predicted octanol–water partition coefficient (Wildman–Crippen LogP) is 1.77. The third-order valence-electron chi connectivity index (χ3n) is 3.32. The summed E-state index contributed by atoms with van der Waals surface area (Å²) in [6, 6.07) is 0. The lowest BCUT2D eigenvalue weighted by atomic mass is 10.3. The van der Waals surface area contributed by atoms with E-state index in [1.54, 1.807) is 0 Å². The summed E-state index contributed by atoms with van der Waals surface area (Å²) in [5.74, 6) is 0. The third kappa shape index (κ3) is 9.66. The van der Waals surface area contributed by atoms with Gasteiger partial charge < -0.3 is 24.1 Å². The molecular weight excluding hydrogens is 260 g/mol. The van der Waals surface area contributed by atoms with E-state index in [2.05, 4.69) is 6.92 Å². The van der Waals surface area contributed by atoms with Crippen molar-refractivity contribution in [1.29, 1.82) is 0 Å². The Morgan fingerprint density at radius 1 is 0.850 bits per heavy atom. The maximum atomic E-state index is 9.35. The average molecular weight is 290 g/mol. The maximum absolute atomic E-state index is 9.35. The van der Waals surface area contributed by atoms with E-state index in [0.29, 0.717) is 39.6 Å². The Bertz CT molecular complexity index is 212. The number of rotatable bonds is 13. The Kier molecular flexibility index (Phi) is 11.2. The van der Waals surface area contributed by atoms with Crippen LogP contribution in [0.2, 0.25) is 0 Å². The molecule has 0 aromatic heterocycles. The van der Waals surface area contributed by atoms with Crippen LogP contribution in [0.25, 0.3) is 0 Å². The van der Waals surface area contributed by atoms with Gasteiger partial charge in [0, 0.05) is 6.61 Å². The summed E-state index contributed by atoms with van der Waals surface area (Å²) < 4.78 is 21.8. The molecule has 0 saturated heterocycles. The average Bonchev–Trinajstić information content (AvgIpc) is 2.86. The SMILES string of the molecule is CCCCOCCOCCOCCOC1CCC(O)C1. The molecule has 1 fully saturated rings. The minimum absolute atomic E-state index is 0.172. The quantitative estimate of drug-likeness (QED) is 0.524. The number of hydrogen-bond acceptors (Lipinski definition) is 5. The van der Waals surface area contributed by atoms with Crippen molar-refractivity contribution in [2.45, 2.75) is 51.2 Å². The lowest BCUT2D eigenvalue weighted by Gasteiger charge is -2.11. The second-order valence-electron chi connectivity index (χ2n) is 5.15. The zero-order chi connectivity index (χ0) is 14.5. The van der Waals surface area contributed by atoms with E-state index in [4.69, 9.17) is 18.9 Å². The summed E-state index contributed by atoms with van der Waals surface area (Å²) in [5.41, 5.74) is 0. The predicted molar refractivity (Wildman–Crippen MR) is 77.0 cm³/mol. The molecule has 1 N–H and O–H groups in total. The van der Waals surface area contributed by atoms with Crippen LogP contribution in [0.5, 0.6) is 0 Å². The van der Waals surface area contributed by atoms with Crippen molar-refractivity contribution < 1.29 is 24.1 Å². The zero-order valence-corrected chi connectivity index (χ0v) is 12.7. The summed E-state index contributed by atoms with van der Waals surface area (Å²) in [4.78, 5) is 0. The van der Waals surface area contributed by atoms with Gasteiger partial charge in [-0.05, 0) is 25.7 Å². The third-order valence-corrected chi connectivity index (χ3v) is 3.32. The zero-order valence-electron chi connectivity index (χ0n) is 12.7. The molecule has 0 spiro atoms. The van der Waals surface area contributed by atoms with Crippen LogP contribution in [0.4, 0.5) is 0 Å². The molecule has 0 bridgehead atoms. The summed E-state index contributed by atoms with van der Waals surface area (Å²) in [6.07, 6.45) is 4.90. The molecule has 20 heavy (non-hydrogen) atoms. The van der Waals surface area contributed by atoms with Crippen molar-refractivity contribution >= 4 is 0 Å². The fourth-order valence-corrected chi connectivity index (χ4v) is 2.13. The standard InChI is InChI=1S/C15H30O5/c1-2-3-6-17-7-8-18-9-10-19-11-12-20-15-5-4-14(16)13-15/h14-16H,2-13H2,1H3. The van der Waals surface area contributed by atoms with E-state index in [1.807, 2.05) is 0 Å². The highest BCUT2D eigenvalue weighted by atomic mass is 16.6. The summed E-state index contributed by atoms with van der Waals surface area (Å²) in [7, 11) is 0. The van der Waals surface area contributed by atoms with Crippen molar-refractivity contribution in [1.82, 2.24) is 0 Å². The highest BCUT2D eigenvalue weighted by molar-refractivity contribution is 4.74. The molecule has 0 amide bonds. The van der Waals surface area contributed by atoms with E-state index in [0.717, 1.165) is 38.7 Å². The Hall–Kier alpha value is -0.200. The van der Waals surface area contributed by atoms with Gasteiger partial charge in [0.15, 0.2) is 0 Å². The minimum atomic E-state index is -0.172. The Morgan fingerprint density at radius 2 is 1.45 bits per heavy atom.